The number of carbonyl (C=O) groups excluding carboxylic acids is 1. The molecule has 0 amide bonds. The molecular formula is C9H13ClN4O2. The molecule has 7 heteroatoms. The van der Waals surface area contributed by atoms with Gasteiger partial charge in [-0.25, -0.2) is 4.79 Å². The highest BCUT2D eigenvalue weighted by Crippen LogP contribution is 2.11. The fraction of sp³-hybridized carbons (Fsp3) is 0.556. The van der Waals surface area contributed by atoms with Crippen LogP contribution in [0, 0.1) is 5.92 Å². The summed E-state index contributed by atoms with van der Waals surface area (Å²) in [6.45, 7) is 3.79. The molecule has 1 aromatic heterocycles. The maximum absolute atomic E-state index is 11.5. The summed E-state index contributed by atoms with van der Waals surface area (Å²) >= 11 is 5.58. The van der Waals surface area contributed by atoms with Gasteiger partial charge in [-0.1, -0.05) is 13.8 Å². The van der Waals surface area contributed by atoms with E-state index in [2.05, 4.69) is 25.2 Å². The Balaban J connectivity index is 2.79. The van der Waals surface area contributed by atoms with Crippen molar-refractivity contribution >= 4 is 23.4 Å². The molecular weight excluding hydrogens is 232 g/mol. The standard InChI is InChI=1S/C9H13ClN4O2/c1-5(2)7(8(15)16-3)12-6-4-11-14-9(10)13-6/h4-5,7H,1-3H3,(H,12,13,14). The monoisotopic (exact) mass is 244 g/mol. The van der Waals surface area contributed by atoms with Crippen LogP contribution < -0.4 is 5.32 Å². The molecule has 0 aliphatic carbocycles. The van der Waals surface area contributed by atoms with E-state index in [0.717, 1.165) is 0 Å². The number of esters is 1. The van der Waals surface area contributed by atoms with E-state index in [1.54, 1.807) is 0 Å². The predicted octanol–water partition coefficient (Wildman–Crippen LogP) is 1.13. The molecule has 0 fully saturated rings. The second-order valence-electron chi connectivity index (χ2n) is 3.50. The summed E-state index contributed by atoms with van der Waals surface area (Å²) in [6, 6.07) is -0.488. The van der Waals surface area contributed by atoms with Crippen LogP contribution in [0.3, 0.4) is 0 Å². The Morgan fingerprint density at radius 1 is 1.56 bits per heavy atom. The molecule has 16 heavy (non-hydrogen) atoms. The molecule has 0 aliphatic rings. The number of aromatic nitrogens is 3. The van der Waals surface area contributed by atoms with Gasteiger partial charge in [-0.15, -0.1) is 5.10 Å². The fourth-order valence-electron chi connectivity index (χ4n) is 1.14. The predicted molar refractivity (Wildman–Crippen MR) is 59.1 cm³/mol. The van der Waals surface area contributed by atoms with Crippen LogP contribution in [-0.2, 0) is 9.53 Å². The van der Waals surface area contributed by atoms with Crippen molar-refractivity contribution in [3.05, 3.63) is 11.5 Å². The van der Waals surface area contributed by atoms with E-state index in [1.807, 2.05) is 13.8 Å². The molecule has 0 aromatic carbocycles. The smallest absolute Gasteiger partial charge is 0.328 e. The molecule has 0 bridgehead atoms. The molecule has 1 unspecified atom stereocenters. The van der Waals surface area contributed by atoms with E-state index in [-0.39, 0.29) is 17.2 Å². The summed E-state index contributed by atoms with van der Waals surface area (Å²) in [5.41, 5.74) is 0. The van der Waals surface area contributed by atoms with Crippen LogP contribution in [0.1, 0.15) is 13.8 Å². The lowest BCUT2D eigenvalue weighted by molar-refractivity contribution is -0.142. The van der Waals surface area contributed by atoms with Gasteiger partial charge >= 0.3 is 5.97 Å². The third kappa shape index (κ3) is 3.30. The summed E-state index contributed by atoms with van der Waals surface area (Å²) in [6.07, 6.45) is 1.39. The van der Waals surface area contributed by atoms with Crippen LogP contribution in [0.25, 0.3) is 0 Å². The zero-order valence-electron chi connectivity index (χ0n) is 9.27. The van der Waals surface area contributed by atoms with Crippen molar-refractivity contribution in [1.29, 1.82) is 0 Å². The number of ether oxygens (including phenoxy) is 1. The first kappa shape index (κ1) is 12.6. The van der Waals surface area contributed by atoms with E-state index in [9.17, 15) is 4.79 Å². The number of methoxy groups -OCH3 is 1. The van der Waals surface area contributed by atoms with Crippen LogP contribution in [0.4, 0.5) is 5.82 Å². The molecule has 0 saturated heterocycles. The van der Waals surface area contributed by atoms with Gasteiger partial charge in [0.1, 0.15) is 6.04 Å². The molecule has 0 radical (unpaired) electrons. The van der Waals surface area contributed by atoms with Crippen LogP contribution >= 0.6 is 11.6 Å². The summed E-state index contributed by atoms with van der Waals surface area (Å²) in [5, 5.41) is 10.1. The molecule has 1 heterocycles. The third-order valence-electron chi connectivity index (χ3n) is 1.96. The maximum atomic E-state index is 11.5. The Bertz CT molecular complexity index is 372. The number of halogens is 1. The lowest BCUT2D eigenvalue weighted by Gasteiger charge is -2.19. The maximum Gasteiger partial charge on any atom is 0.328 e. The quantitative estimate of drug-likeness (QED) is 0.801. The average Bonchev–Trinajstić information content (AvgIpc) is 2.24. The summed E-state index contributed by atoms with van der Waals surface area (Å²) in [7, 11) is 1.34. The van der Waals surface area contributed by atoms with Crippen LogP contribution in [0.15, 0.2) is 6.20 Å². The number of nitrogens with zero attached hydrogens (tertiary/aromatic N) is 3. The van der Waals surface area contributed by atoms with Crippen molar-refractivity contribution < 1.29 is 9.53 Å². The molecule has 0 aliphatic heterocycles. The molecule has 0 saturated carbocycles. The Hall–Kier alpha value is -1.43. The van der Waals surface area contributed by atoms with Gasteiger partial charge in [0.25, 0.3) is 0 Å². The number of rotatable bonds is 4. The normalized spacial score (nSPS) is 12.3. The molecule has 6 nitrogen and oxygen atoms in total. The van der Waals surface area contributed by atoms with Gasteiger partial charge < -0.3 is 10.1 Å². The van der Waals surface area contributed by atoms with E-state index >= 15 is 0 Å². The fourth-order valence-corrected chi connectivity index (χ4v) is 1.27. The molecule has 0 spiro atoms. The van der Waals surface area contributed by atoms with Gasteiger partial charge in [-0.3, -0.25) is 0 Å². The Labute approximate surface area is 98.4 Å². The largest absolute Gasteiger partial charge is 0.467 e. The molecule has 88 valence electrons. The Kier molecular flexibility index (Phi) is 4.42. The number of hydrogen-bond acceptors (Lipinski definition) is 6. The van der Waals surface area contributed by atoms with E-state index in [4.69, 9.17) is 11.6 Å². The van der Waals surface area contributed by atoms with E-state index in [1.165, 1.54) is 13.3 Å². The van der Waals surface area contributed by atoms with Crippen LogP contribution in [0.2, 0.25) is 5.28 Å². The molecule has 1 N–H and O–H groups in total. The second-order valence-corrected chi connectivity index (χ2v) is 3.84. The van der Waals surface area contributed by atoms with Gasteiger partial charge in [0, 0.05) is 0 Å². The van der Waals surface area contributed by atoms with Gasteiger partial charge in [0.15, 0.2) is 5.82 Å². The van der Waals surface area contributed by atoms with Gasteiger partial charge in [-0.05, 0) is 17.5 Å². The second kappa shape index (κ2) is 5.60. The zero-order chi connectivity index (χ0) is 12.1. The number of nitrogens with one attached hydrogen (secondary N) is 1. The first-order chi connectivity index (χ1) is 7.54. The zero-order valence-corrected chi connectivity index (χ0v) is 10.0. The van der Waals surface area contributed by atoms with Gasteiger partial charge in [0.05, 0.1) is 13.3 Å². The first-order valence-electron chi connectivity index (χ1n) is 4.74. The molecule has 1 rings (SSSR count). The minimum absolute atomic E-state index is 0.0253. The minimum Gasteiger partial charge on any atom is -0.467 e. The summed E-state index contributed by atoms with van der Waals surface area (Å²) < 4.78 is 4.68. The van der Waals surface area contributed by atoms with Crippen molar-refractivity contribution in [2.45, 2.75) is 19.9 Å². The minimum atomic E-state index is -0.488. The summed E-state index contributed by atoms with van der Waals surface area (Å²) in [4.78, 5) is 15.3. The summed E-state index contributed by atoms with van der Waals surface area (Å²) in [5.74, 6) is 0.0926. The van der Waals surface area contributed by atoms with Gasteiger partial charge in [0.2, 0.25) is 5.28 Å². The van der Waals surface area contributed by atoms with E-state index in [0.29, 0.717) is 5.82 Å². The number of hydrogen-bond donors (Lipinski definition) is 1. The van der Waals surface area contributed by atoms with Crippen molar-refractivity contribution in [2.75, 3.05) is 12.4 Å². The van der Waals surface area contributed by atoms with Crippen molar-refractivity contribution in [2.24, 2.45) is 5.92 Å². The Morgan fingerprint density at radius 3 is 2.75 bits per heavy atom. The highest BCUT2D eigenvalue weighted by atomic mass is 35.5. The highest BCUT2D eigenvalue weighted by molar-refractivity contribution is 6.28. The average molecular weight is 245 g/mol. The first-order valence-corrected chi connectivity index (χ1v) is 5.12. The third-order valence-corrected chi connectivity index (χ3v) is 2.12. The lowest BCUT2D eigenvalue weighted by atomic mass is 10.1. The lowest BCUT2D eigenvalue weighted by Crippen LogP contribution is -2.35. The number of carbonyl (C=O) groups is 1. The van der Waals surface area contributed by atoms with Crippen molar-refractivity contribution in [3.63, 3.8) is 0 Å². The molecule has 1 aromatic rings. The number of anilines is 1. The van der Waals surface area contributed by atoms with E-state index < -0.39 is 6.04 Å². The Morgan fingerprint density at radius 2 is 2.25 bits per heavy atom. The van der Waals surface area contributed by atoms with Gasteiger partial charge in [-0.2, -0.15) is 10.1 Å². The molecule has 1 atom stereocenters. The van der Waals surface area contributed by atoms with Crippen molar-refractivity contribution in [1.82, 2.24) is 15.2 Å². The van der Waals surface area contributed by atoms with Crippen molar-refractivity contribution in [3.8, 4) is 0 Å². The SMILES string of the molecule is COC(=O)C(Nc1cnnc(Cl)n1)C(C)C. The van der Waals surface area contributed by atoms with Crippen LogP contribution in [0.5, 0.6) is 0 Å². The highest BCUT2D eigenvalue weighted by Gasteiger charge is 2.23. The van der Waals surface area contributed by atoms with Crippen LogP contribution in [-0.4, -0.2) is 34.3 Å². The topological polar surface area (TPSA) is 77.0 Å².